The third-order valence-electron chi connectivity index (χ3n) is 4.46. The number of pyridine rings is 1. The Morgan fingerprint density at radius 3 is 2.78 bits per heavy atom. The number of nitrogens with two attached hydrogens (primary N) is 1. The van der Waals surface area contributed by atoms with Gasteiger partial charge in [-0.1, -0.05) is 6.07 Å². The van der Waals surface area contributed by atoms with Crippen LogP contribution in [0.25, 0.3) is 11.3 Å². The van der Waals surface area contributed by atoms with E-state index in [-0.39, 0.29) is 5.69 Å². The fraction of sp³-hybridized carbons (Fsp3) is 0.500. The van der Waals surface area contributed by atoms with Gasteiger partial charge in [0.15, 0.2) is 0 Å². The summed E-state index contributed by atoms with van der Waals surface area (Å²) in [7, 11) is 3.56. The summed E-state index contributed by atoms with van der Waals surface area (Å²) < 4.78 is 27.6. The van der Waals surface area contributed by atoms with Crippen LogP contribution in [0.4, 0.5) is 8.78 Å². The molecule has 1 aliphatic rings. The van der Waals surface area contributed by atoms with Crippen molar-refractivity contribution in [2.24, 2.45) is 12.8 Å². The lowest BCUT2D eigenvalue weighted by Gasteiger charge is -2.39. The number of aryl methyl sites for hydroxylation is 1. The van der Waals surface area contributed by atoms with Crippen LogP contribution >= 0.6 is 0 Å². The van der Waals surface area contributed by atoms with Crippen molar-refractivity contribution < 1.29 is 8.78 Å². The van der Waals surface area contributed by atoms with Crippen LogP contribution in [0.1, 0.15) is 30.7 Å². The molecule has 0 aliphatic heterocycles. The van der Waals surface area contributed by atoms with Crippen LogP contribution in [0.2, 0.25) is 0 Å². The molecule has 0 spiro atoms. The predicted octanol–water partition coefficient (Wildman–Crippen LogP) is 2.34. The monoisotopic (exact) mass is 321 g/mol. The van der Waals surface area contributed by atoms with E-state index < -0.39 is 6.43 Å². The van der Waals surface area contributed by atoms with E-state index >= 15 is 0 Å². The molecule has 2 heterocycles. The minimum absolute atomic E-state index is 0.104. The summed E-state index contributed by atoms with van der Waals surface area (Å²) in [6.07, 6.45) is 0.854. The molecule has 0 atom stereocenters. The molecule has 0 aromatic carbocycles. The zero-order chi connectivity index (χ0) is 16.6. The van der Waals surface area contributed by atoms with Gasteiger partial charge in [-0.05, 0) is 32.0 Å². The fourth-order valence-electron chi connectivity index (χ4n) is 3.00. The molecule has 0 bridgehead atoms. The molecule has 23 heavy (non-hydrogen) atoms. The molecule has 2 N–H and O–H groups in total. The Labute approximate surface area is 134 Å². The molecule has 1 aliphatic carbocycles. The van der Waals surface area contributed by atoms with E-state index in [1.165, 1.54) is 17.9 Å². The van der Waals surface area contributed by atoms with Gasteiger partial charge in [0.05, 0.1) is 17.6 Å². The standard InChI is InChI=1S/C16H21F2N5/c1-22(12-6-10(19)7-12)9-11-4-3-5-14(21-11)13-8-20-23(2)15(13)16(17)18/h3-5,8,10,12,16H,6-7,9,19H2,1-2H3. The van der Waals surface area contributed by atoms with Gasteiger partial charge in [-0.2, -0.15) is 5.10 Å². The number of hydrogen-bond donors (Lipinski definition) is 1. The van der Waals surface area contributed by atoms with E-state index in [0.717, 1.165) is 18.5 Å². The second-order valence-corrected chi connectivity index (χ2v) is 6.18. The largest absolute Gasteiger partial charge is 0.328 e. The molecular weight excluding hydrogens is 300 g/mol. The average Bonchev–Trinajstić information content (AvgIpc) is 2.86. The fourth-order valence-corrected chi connectivity index (χ4v) is 3.00. The maximum Gasteiger partial charge on any atom is 0.280 e. The zero-order valence-corrected chi connectivity index (χ0v) is 13.3. The highest BCUT2D eigenvalue weighted by atomic mass is 19.3. The third kappa shape index (κ3) is 3.25. The van der Waals surface area contributed by atoms with E-state index in [1.54, 1.807) is 6.07 Å². The first-order chi connectivity index (χ1) is 11.0. The molecule has 2 aromatic heterocycles. The van der Waals surface area contributed by atoms with E-state index in [2.05, 4.69) is 15.0 Å². The molecule has 124 valence electrons. The van der Waals surface area contributed by atoms with Crippen LogP contribution in [0.3, 0.4) is 0 Å². The van der Waals surface area contributed by atoms with Crippen LogP contribution in [0.15, 0.2) is 24.4 Å². The SMILES string of the molecule is CN(Cc1cccc(-c2cnn(C)c2C(F)F)n1)C1CC(N)C1. The Morgan fingerprint density at radius 1 is 1.39 bits per heavy atom. The number of rotatable bonds is 5. The van der Waals surface area contributed by atoms with Crippen molar-refractivity contribution in [1.82, 2.24) is 19.7 Å². The number of aromatic nitrogens is 3. The van der Waals surface area contributed by atoms with Gasteiger partial charge in [0.1, 0.15) is 5.69 Å². The van der Waals surface area contributed by atoms with Gasteiger partial charge < -0.3 is 5.73 Å². The summed E-state index contributed by atoms with van der Waals surface area (Å²) in [5, 5.41) is 3.94. The molecular formula is C16H21F2N5. The molecule has 0 radical (unpaired) electrons. The topological polar surface area (TPSA) is 60.0 Å². The third-order valence-corrected chi connectivity index (χ3v) is 4.46. The first-order valence-electron chi connectivity index (χ1n) is 7.68. The summed E-state index contributed by atoms with van der Waals surface area (Å²) in [6, 6.07) is 6.28. The Bertz CT molecular complexity index is 679. The van der Waals surface area contributed by atoms with Crippen LogP contribution in [0, 0.1) is 0 Å². The van der Waals surface area contributed by atoms with Gasteiger partial charge in [-0.3, -0.25) is 14.6 Å². The van der Waals surface area contributed by atoms with Gasteiger partial charge in [0.2, 0.25) is 0 Å². The van der Waals surface area contributed by atoms with E-state index in [9.17, 15) is 8.78 Å². The van der Waals surface area contributed by atoms with Gasteiger partial charge >= 0.3 is 0 Å². The van der Waals surface area contributed by atoms with Crippen molar-refractivity contribution in [2.75, 3.05) is 7.05 Å². The van der Waals surface area contributed by atoms with Crippen LogP contribution < -0.4 is 5.73 Å². The van der Waals surface area contributed by atoms with Gasteiger partial charge in [0, 0.05) is 31.2 Å². The number of halogens is 2. The molecule has 0 saturated heterocycles. The van der Waals surface area contributed by atoms with E-state index in [0.29, 0.717) is 29.9 Å². The van der Waals surface area contributed by atoms with Gasteiger partial charge in [-0.15, -0.1) is 0 Å². The Balaban J connectivity index is 1.80. The summed E-state index contributed by atoms with van der Waals surface area (Å²) in [4.78, 5) is 6.75. The van der Waals surface area contributed by atoms with E-state index in [1.807, 2.05) is 19.2 Å². The highest BCUT2D eigenvalue weighted by Gasteiger charge is 2.29. The minimum Gasteiger partial charge on any atom is -0.328 e. The molecule has 0 amide bonds. The average molecular weight is 321 g/mol. The quantitative estimate of drug-likeness (QED) is 0.918. The minimum atomic E-state index is -2.58. The Morgan fingerprint density at radius 2 is 2.13 bits per heavy atom. The molecule has 3 rings (SSSR count). The summed E-state index contributed by atoms with van der Waals surface area (Å²) >= 11 is 0. The number of nitrogens with zero attached hydrogens (tertiary/aromatic N) is 4. The van der Waals surface area contributed by atoms with Crippen LogP contribution in [-0.4, -0.2) is 38.8 Å². The predicted molar refractivity (Wildman–Crippen MR) is 83.9 cm³/mol. The second kappa shape index (κ2) is 6.33. The molecule has 5 nitrogen and oxygen atoms in total. The second-order valence-electron chi connectivity index (χ2n) is 6.18. The first-order valence-corrected chi connectivity index (χ1v) is 7.68. The molecule has 1 saturated carbocycles. The van der Waals surface area contributed by atoms with Gasteiger partial charge in [0.25, 0.3) is 6.43 Å². The number of alkyl halides is 2. The first kappa shape index (κ1) is 16.0. The molecule has 1 fully saturated rings. The molecule has 0 unspecified atom stereocenters. The van der Waals surface area contributed by atoms with Crippen molar-refractivity contribution in [3.05, 3.63) is 35.8 Å². The maximum absolute atomic E-state index is 13.2. The number of hydrogen-bond acceptors (Lipinski definition) is 4. The summed E-state index contributed by atoms with van der Waals surface area (Å²) in [5.74, 6) is 0. The normalized spacial score (nSPS) is 21.0. The zero-order valence-electron chi connectivity index (χ0n) is 13.3. The lowest BCUT2D eigenvalue weighted by Crippen LogP contribution is -2.48. The smallest absolute Gasteiger partial charge is 0.280 e. The van der Waals surface area contributed by atoms with Crippen molar-refractivity contribution in [2.45, 2.75) is 37.9 Å². The lowest BCUT2D eigenvalue weighted by molar-refractivity contribution is 0.131. The summed E-state index contributed by atoms with van der Waals surface area (Å²) in [6.45, 7) is 0.676. The van der Waals surface area contributed by atoms with Crippen LogP contribution in [-0.2, 0) is 13.6 Å². The van der Waals surface area contributed by atoms with Crippen molar-refractivity contribution in [3.63, 3.8) is 0 Å². The molecule has 2 aromatic rings. The Hall–Kier alpha value is -1.86. The maximum atomic E-state index is 13.2. The van der Waals surface area contributed by atoms with Crippen LogP contribution in [0.5, 0.6) is 0 Å². The molecule has 7 heteroatoms. The Kier molecular flexibility index (Phi) is 4.41. The van der Waals surface area contributed by atoms with Crippen molar-refractivity contribution in [3.8, 4) is 11.3 Å². The highest BCUT2D eigenvalue weighted by molar-refractivity contribution is 5.61. The highest BCUT2D eigenvalue weighted by Crippen LogP contribution is 2.30. The van der Waals surface area contributed by atoms with E-state index in [4.69, 9.17) is 5.73 Å². The van der Waals surface area contributed by atoms with Crippen molar-refractivity contribution >= 4 is 0 Å². The van der Waals surface area contributed by atoms with Crippen molar-refractivity contribution in [1.29, 1.82) is 0 Å². The lowest BCUT2D eigenvalue weighted by atomic mass is 9.86. The van der Waals surface area contributed by atoms with Gasteiger partial charge in [-0.25, -0.2) is 8.78 Å². The summed E-state index contributed by atoms with van der Waals surface area (Å²) in [5.41, 5.74) is 7.50.